The zero-order valence-corrected chi connectivity index (χ0v) is 15.6. The maximum absolute atomic E-state index is 6.42. The molecule has 0 amide bonds. The van der Waals surface area contributed by atoms with E-state index in [1.54, 1.807) is 0 Å². The fourth-order valence-corrected chi connectivity index (χ4v) is 4.72. The highest BCUT2D eigenvalue weighted by Crippen LogP contribution is 2.41. The molecule has 1 aliphatic heterocycles. The maximum Gasteiger partial charge on any atom is 0.126 e. The summed E-state index contributed by atoms with van der Waals surface area (Å²) in [6.45, 7) is 2.96. The van der Waals surface area contributed by atoms with Crippen molar-refractivity contribution >= 4 is 31.9 Å². The van der Waals surface area contributed by atoms with Gasteiger partial charge in [0, 0.05) is 28.2 Å². The first-order valence-corrected chi connectivity index (χ1v) is 9.69. The number of halogens is 2. The first-order valence-electron chi connectivity index (χ1n) is 7.77. The summed E-state index contributed by atoms with van der Waals surface area (Å²) in [6, 6.07) is 4.27. The van der Waals surface area contributed by atoms with Gasteiger partial charge >= 0.3 is 0 Å². The molecule has 1 atom stereocenters. The van der Waals surface area contributed by atoms with Gasteiger partial charge in [0.1, 0.15) is 11.9 Å². The van der Waals surface area contributed by atoms with Crippen molar-refractivity contribution in [1.29, 1.82) is 0 Å². The van der Waals surface area contributed by atoms with E-state index in [2.05, 4.69) is 50.9 Å². The van der Waals surface area contributed by atoms with Gasteiger partial charge in [-0.3, -0.25) is 0 Å². The van der Waals surface area contributed by atoms with Gasteiger partial charge in [0.2, 0.25) is 0 Å². The van der Waals surface area contributed by atoms with Crippen LogP contribution in [0.25, 0.3) is 0 Å². The van der Waals surface area contributed by atoms with Gasteiger partial charge in [0.25, 0.3) is 0 Å². The van der Waals surface area contributed by atoms with Gasteiger partial charge in [-0.2, -0.15) is 0 Å². The minimum absolute atomic E-state index is 0.112. The molecule has 0 aromatic heterocycles. The average molecular weight is 418 g/mol. The molecule has 3 rings (SSSR count). The molecule has 116 valence electrons. The zero-order chi connectivity index (χ0) is 14.9. The Balaban J connectivity index is 1.77. The summed E-state index contributed by atoms with van der Waals surface area (Å²) >= 11 is 7.14. The van der Waals surface area contributed by atoms with Gasteiger partial charge < -0.3 is 9.47 Å². The Labute approximate surface area is 143 Å². The van der Waals surface area contributed by atoms with Crippen molar-refractivity contribution in [3.63, 3.8) is 0 Å². The third-order valence-corrected chi connectivity index (χ3v) is 5.77. The molecule has 1 heterocycles. The first kappa shape index (κ1) is 15.8. The minimum atomic E-state index is 0.112. The van der Waals surface area contributed by atoms with Gasteiger partial charge in [0.15, 0.2) is 0 Å². The molecule has 2 fully saturated rings. The van der Waals surface area contributed by atoms with E-state index < -0.39 is 0 Å². The molecule has 0 radical (unpaired) electrons. The summed E-state index contributed by atoms with van der Waals surface area (Å²) in [7, 11) is 0. The van der Waals surface area contributed by atoms with Crippen LogP contribution in [0.1, 0.15) is 49.7 Å². The fraction of sp³-hybridized carbons (Fsp3) is 0.647. The van der Waals surface area contributed by atoms with Gasteiger partial charge in [-0.25, -0.2) is 0 Å². The highest BCUT2D eigenvalue weighted by atomic mass is 79.9. The van der Waals surface area contributed by atoms with E-state index in [0.717, 1.165) is 35.0 Å². The number of ether oxygens (including phenoxy) is 2. The van der Waals surface area contributed by atoms with E-state index in [9.17, 15) is 0 Å². The zero-order valence-electron chi connectivity index (χ0n) is 12.5. The summed E-state index contributed by atoms with van der Waals surface area (Å²) in [5, 5.41) is 0.816. The van der Waals surface area contributed by atoms with Crippen molar-refractivity contribution in [1.82, 2.24) is 0 Å². The molecule has 1 aliphatic carbocycles. The van der Waals surface area contributed by atoms with Crippen LogP contribution in [0.15, 0.2) is 16.6 Å². The van der Waals surface area contributed by atoms with E-state index in [1.165, 1.54) is 36.8 Å². The topological polar surface area (TPSA) is 18.5 Å². The lowest BCUT2D eigenvalue weighted by Crippen LogP contribution is -2.41. The van der Waals surface area contributed by atoms with Crippen molar-refractivity contribution in [3.05, 3.63) is 27.7 Å². The van der Waals surface area contributed by atoms with Crippen LogP contribution in [-0.2, 0) is 10.1 Å². The van der Waals surface area contributed by atoms with E-state index in [0.29, 0.717) is 0 Å². The van der Waals surface area contributed by atoms with Crippen molar-refractivity contribution in [2.45, 2.75) is 62.5 Å². The maximum atomic E-state index is 6.42. The van der Waals surface area contributed by atoms with Gasteiger partial charge in [-0.05, 0) is 37.5 Å². The Morgan fingerprint density at radius 3 is 2.81 bits per heavy atom. The van der Waals surface area contributed by atoms with Gasteiger partial charge in [-0.1, -0.05) is 44.7 Å². The molecule has 2 aliphatic rings. The molecular weight excluding hydrogens is 396 g/mol. The monoisotopic (exact) mass is 416 g/mol. The summed E-state index contributed by atoms with van der Waals surface area (Å²) in [4.78, 5) is 0. The van der Waals surface area contributed by atoms with Crippen molar-refractivity contribution < 1.29 is 9.47 Å². The molecule has 1 aromatic carbocycles. The Hall–Kier alpha value is -0.0600. The Bertz CT molecular complexity index is 510. The van der Waals surface area contributed by atoms with Crippen LogP contribution in [0.4, 0.5) is 0 Å². The van der Waals surface area contributed by atoms with Crippen LogP contribution in [0, 0.1) is 6.92 Å². The normalized spacial score (nSPS) is 24.4. The van der Waals surface area contributed by atoms with E-state index in [1.807, 2.05) is 0 Å². The Morgan fingerprint density at radius 1 is 1.33 bits per heavy atom. The molecule has 1 aromatic rings. The van der Waals surface area contributed by atoms with Crippen LogP contribution in [-0.4, -0.2) is 18.3 Å². The van der Waals surface area contributed by atoms with Crippen LogP contribution in [0.2, 0.25) is 0 Å². The summed E-state index contributed by atoms with van der Waals surface area (Å²) in [6.07, 6.45) is 7.35. The largest absolute Gasteiger partial charge is 0.490 e. The molecule has 2 nitrogen and oxygen atoms in total. The molecule has 1 spiro atoms. The van der Waals surface area contributed by atoms with Crippen LogP contribution in [0.3, 0.4) is 0 Å². The van der Waals surface area contributed by atoms with Crippen molar-refractivity contribution in [3.8, 4) is 5.75 Å². The molecule has 0 bridgehead atoms. The Kier molecular flexibility index (Phi) is 4.97. The highest BCUT2D eigenvalue weighted by molar-refractivity contribution is 9.10. The predicted octanol–water partition coefficient (Wildman–Crippen LogP) is 5.52. The third kappa shape index (κ3) is 3.48. The number of aryl methyl sites for hydroxylation is 1. The first-order chi connectivity index (χ1) is 10.1. The van der Waals surface area contributed by atoms with E-state index in [4.69, 9.17) is 9.47 Å². The second kappa shape index (κ2) is 6.59. The lowest BCUT2D eigenvalue weighted by molar-refractivity contribution is -0.108. The Morgan fingerprint density at radius 2 is 2.10 bits per heavy atom. The highest BCUT2D eigenvalue weighted by Gasteiger charge is 2.40. The second-order valence-electron chi connectivity index (χ2n) is 6.32. The number of benzene rings is 1. The molecule has 4 heteroatoms. The van der Waals surface area contributed by atoms with E-state index >= 15 is 0 Å². The van der Waals surface area contributed by atoms with Crippen molar-refractivity contribution in [2.75, 3.05) is 6.61 Å². The number of alkyl halides is 1. The standard InChI is InChI=1S/C17H22Br2O2/c1-12-8-14(19)9-13(11-18)16(12)21-15-4-7-20-17(10-15)5-2-3-6-17/h8-9,15H,2-7,10-11H2,1H3. The lowest BCUT2D eigenvalue weighted by Gasteiger charge is -2.38. The lowest BCUT2D eigenvalue weighted by atomic mass is 9.90. The SMILES string of the molecule is Cc1cc(Br)cc(CBr)c1OC1CCOC2(CCCC2)C1. The smallest absolute Gasteiger partial charge is 0.126 e. The second-order valence-corrected chi connectivity index (χ2v) is 7.79. The average Bonchev–Trinajstić information content (AvgIpc) is 2.89. The summed E-state index contributed by atoms with van der Waals surface area (Å²) in [5.41, 5.74) is 2.53. The minimum Gasteiger partial charge on any atom is -0.490 e. The number of hydrogen-bond donors (Lipinski definition) is 0. The molecule has 1 saturated heterocycles. The molecule has 21 heavy (non-hydrogen) atoms. The van der Waals surface area contributed by atoms with E-state index in [-0.39, 0.29) is 11.7 Å². The molecule has 1 saturated carbocycles. The number of rotatable bonds is 3. The summed E-state index contributed by atoms with van der Waals surface area (Å²) < 4.78 is 13.6. The van der Waals surface area contributed by atoms with Crippen LogP contribution >= 0.6 is 31.9 Å². The van der Waals surface area contributed by atoms with Crippen LogP contribution in [0.5, 0.6) is 5.75 Å². The third-order valence-electron chi connectivity index (χ3n) is 4.71. The van der Waals surface area contributed by atoms with Crippen molar-refractivity contribution in [2.24, 2.45) is 0 Å². The van der Waals surface area contributed by atoms with Gasteiger partial charge in [0.05, 0.1) is 12.2 Å². The van der Waals surface area contributed by atoms with Crippen LogP contribution < -0.4 is 4.74 Å². The fourth-order valence-electron chi connectivity index (χ4n) is 3.69. The number of hydrogen-bond acceptors (Lipinski definition) is 2. The van der Waals surface area contributed by atoms with Gasteiger partial charge in [-0.15, -0.1) is 0 Å². The predicted molar refractivity (Wildman–Crippen MR) is 92.3 cm³/mol. The molecule has 0 N–H and O–H groups in total. The summed E-state index contributed by atoms with van der Waals surface area (Å²) in [5.74, 6) is 1.05. The molecular formula is C17H22Br2O2. The quantitative estimate of drug-likeness (QED) is 0.602. The molecule has 1 unspecified atom stereocenters.